The van der Waals surface area contributed by atoms with Crippen molar-refractivity contribution in [3.05, 3.63) is 84.2 Å². The van der Waals surface area contributed by atoms with Gasteiger partial charge in [0.1, 0.15) is 5.82 Å². The molecule has 0 atom stereocenters. The van der Waals surface area contributed by atoms with Crippen LogP contribution >= 0.6 is 0 Å². The summed E-state index contributed by atoms with van der Waals surface area (Å²) in [5.41, 5.74) is 5.98. The molecule has 1 heteroatoms. The van der Waals surface area contributed by atoms with Crippen molar-refractivity contribution in [3.8, 4) is 22.3 Å². The highest BCUT2D eigenvalue weighted by Gasteiger charge is 2.01. The highest BCUT2D eigenvalue weighted by atomic mass is 19.1. The Hall–Kier alpha value is -2.41. The molecule has 3 rings (SSSR count). The topological polar surface area (TPSA) is 0 Å². The van der Waals surface area contributed by atoms with Gasteiger partial charge in [0, 0.05) is 0 Å². The van der Waals surface area contributed by atoms with E-state index in [9.17, 15) is 4.39 Å². The molecule has 0 aromatic heterocycles. The zero-order valence-electron chi connectivity index (χ0n) is 13.4. The lowest BCUT2D eigenvalue weighted by atomic mass is 9.99. The number of unbranched alkanes of at least 4 members (excludes halogenated alkanes) is 1. The van der Waals surface area contributed by atoms with E-state index >= 15 is 0 Å². The predicted octanol–water partition coefficient (Wildman–Crippen LogP) is 6.50. The Labute approximate surface area is 137 Å². The predicted molar refractivity (Wildman–Crippen MR) is 95.9 cm³/mol. The second kappa shape index (κ2) is 7.23. The largest absolute Gasteiger partial charge is 0.207 e. The van der Waals surface area contributed by atoms with Crippen molar-refractivity contribution in [3.63, 3.8) is 0 Å². The smallest absolute Gasteiger partial charge is 0.123 e. The molecule has 0 nitrogen and oxygen atoms in total. The van der Waals surface area contributed by atoms with Gasteiger partial charge >= 0.3 is 0 Å². The first-order chi connectivity index (χ1) is 11.3. The lowest BCUT2D eigenvalue weighted by molar-refractivity contribution is 0.628. The Morgan fingerprint density at radius 1 is 0.609 bits per heavy atom. The van der Waals surface area contributed by atoms with Crippen LogP contribution < -0.4 is 0 Å². The minimum atomic E-state index is -0.200. The lowest BCUT2D eigenvalue weighted by Crippen LogP contribution is -1.85. The van der Waals surface area contributed by atoms with Gasteiger partial charge in [-0.15, -0.1) is 0 Å². The first-order valence-electron chi connectivity index (χ1n) is 8.21. The van der Waals surface area contributed by atoms with Gasteiger partial charge in [-0.3, -0.25) is 0 Å². The zero-order chi connectivity index (χ0) is 16.1. The molecular weight excluding hydrogens is 283 g/mol. The summed E-state index contributed by atoms with van der Waals surface area (Å²) in [5, 5.41) is 0. The van der Waals surface area contributed by atoms with Gasteiger partial charge in [-0.25, -0.2) is 4.39 Å². The Morgan fingerprint density at radius 3 is 1.43 bits per heavy atom. The van der Waals surface area contributed by atoms with E-state index in [-0.39, 0.29) is 5.82 Å². The van der Waals surface area contributed by atoms with E-state index in [1.807, 2.05) is 12.1 Å². The van der Waals surface area contributed by atoms with Crippen molar-refractivity contribution >= 4 is 0 Å². The third kappa shape index (κ3) is 3.87. The van der Waals surface area contributed by atoms with Gasteiger partial charge in [-0.05, 0) is 52.8 Å². The van der Waals surface area contributed by atoms with E-state index in [1.54, 1.807) is 0 Å². The number of halogens is 1. The number of aryl methyl sites for hydroxylation is 1. The van der Waals surface area contributed by atoms with E-state index in [2.05, 4.69) is 55.5 Å². The summed E-state index contributed by atoms with van der Waals surface area (Å²) in [4.78, 5) is 0. The third-order valence-corrected chi connectivity index (χ3v) is 4.17. The van der Waals surface area contributed by atoms with Crippen molar-refractivity contribution in [1.29, 1.82) is 0 Å². The molecule has 0 unspecified atom stereocenters. The molecule has 3 aromatic rings. The number of hydrogen-bond donors (Lipinski definition) is 0. The maximum absolute atomic E-state index is 13.0. The van der Waals surface area contributed by atoms with Gasteiger partial charge in [-0.1, -0.05) is 74.0 Å². The molecule has 0 amide bonds. The monoisotopic (exact) mass is 304 g/mol. The van der Waals surface area contributed by atoms with Gasteiger partial charge in [0.15, 0.2) is 0 Å². The lowest BCUT2D eigenvalue weighted by Gasteiger charge is -2.06. The third-order valence-electron chi connectivity index (χ3n) is 4.17. The van der Waals surface area contributed by atoms with Crippen LogP contribution in [0.25, 0.3) is 22.3 Å². The van der Waals surface area contributed by atoms with E-state index in [4.69, 9.17) is 0 Å². The standard InChI is InChI=1S/C22H21F/c1-2-3-4-17-5-7-18(8-6-17)19-9-11-20(12-10-19)21-13-15-22(23)16-14-21/h5-16H,2-4H2,1H3. The van der Waals surface area contributed by atoms with E-state index in [1.165, 1.54) is 41.7 Å². The van der Waals surface area contributed by atoms with Crippen molar-refractivity contribution in [1.82, 2.24) is 0 Å². The number of benzene rings is 3. The number of hydrogen-bond acceptors (Lipinski definition) is 0. The Kier molecular flexibility index (Phi) is 4.87. The molecule has 0 N–H and O–H groups in total. The van der Waals surface area contributed by atoms with Crippen molar-refractivity contribution in [2.75, 3.05) is 0 Å². The fourth-order valence-corrected chi connectivity index (χ4v) is 2.74. The molecule has 0 aliphatic rings. The molecule has 23 heavy (non-hydrogen) atoms. The average molecular weight is 304 g/mol. The molecule has 0 bridgehead atoms. The summed E-state index contributed by atoms with van der Waals surface area (Å²) in [6, 6.07) is 23.9. The highest BCUT2D eigenvalue weighted by Crippen LogP contribution is 2.25. The second-order valence-corrected chi connectivity index (χ2v) is 5.88. The number of rotatable bonds is 5. The van der Waals surface area contributed by atoms with Crippen molar-refractivity contribution in [2.24, 2.45) is 0 Å². The van der Waals surface area contributed by atoms with Crippen molar-refractivity contribution in [2.45, 2.75) is 26.2 Å². The van der Waals surface area contributed by atoms with Crippen LogP contribution in [0, 0.1) is 5.82 Å². The van der Waals surface area contributed by atoms with E-state index < -0.39 is 0 Å². The van der Waals surface area contributed by atoms with Crippen LogP contribution in [0.5, 0.6) is 0 Å². The summed E-state index contributed by atoms with van der Waals surface area (Å²) in [5.74, 6) is -0.200. The molecule has 0 saturated heterocycles. The van der Waals surface area contributed by atoms with Gasteiger partial charge in [0.05, 0.1) is 0 Å². The van der Waals surface area contributed by atoms with E-state index in [0.717, 1.165) is 17.5 Å². The fourth-order valence-electron chi connectivity index (χ4n) is 2.74. The van der Waals surface area contributed by atoms with Gasteiger partial charge < -0.3 is 0 Å². The van der Waals surface area contributed by atoms with Crippen LogP contribution in [0.2, 0.25) is 0 Å². The Balaban J connectivity index is 1.77. The summed E-state index contributed by atoms with van der Waals surface area (Å²) < 4.78 is 13.0. The molecule has 0 aliphatic heterocycles. The first kappa shape index (κ1) is 15.5. The minimum Gasteiger partial charge on any atom is -0.207 e. The molecule has 0 heterocycles. The molecule has 0 saturated carbocycles. The molecular formula is C22H21F. The van der Waals surface area contributed by atoms with Gasteiger partial charge in [0.2, 0.25) is 0 Å². The molecule has 0 spiro atoms. The van der Waals surface area contributed by atoms with Crippen LogP contribution in [0.3, 0.4) is 0 Å². The summed E-state index contributed by atoms with van der Waals surface area (Å²) in [6.45, 7) is 2.22. The van der Waals surface area contributed by atoms with Crippen LogP contribution in [-0.4, -0.2) is 0 Å². The first-order valence-corrected chi connectivity index (χ1v) is 8.21. The summed E-state index contributed by atoms with van der Waals surface area (Å²) >= 11 is 0. The maximum Gasteiger partial charge on any atom is 0.123 e. The Bertz CT molecular complexity index is 737. The minimum absolute atomic E-state index is 0.200. The van der Waals surface area contributed by atoms with Gasteiger partial charge in [-0.2, -0.15) is 0 Å². The molecule has 3 aromatic carbocycles. The summed E-state index contributed by atoms with van der Waals surface area (Å²) in [6.07, 6.45) is 3.62. The normalized spacial score (nSPS) is 10.7. The SMILES string of the molecule is CCCCc1ccc(-c2ccc(-c3ccc(F)cc3)cc2)cc1. The average Bonchev–Trinajstić information content (AvgIpc) is 2.61. The highest BCUT2D eigenvalue weighted by molar-refractivity contribution is 5.70. The fraction of sp³-hybridized carbons (Fsp3) is 0.182. The zero-order valence-corrected chi connectivity index (χ0v) is 13.4. The van der Waals surface area contributed by atoms with Crippen LogP contribution in [0.15, 0.2) is 72.8 Å². The molecule has 0 radical (unpaired) electrons. The van der Waals surface area contributed by atoms with Crippen LogP contribution in [0.4, 0.5) is 4.39 Å². The van der Waals surface area contributed by atoms with Crippen LogP contribution in [0.1, 0.15) is 25.3 Å². The molecule has 116 valence electrons. The van der Waals surface area contributed by atoms with Crippen LogP contribution in [-0.2, 0) is 6.42 Å². The van der Waals surface area contributed by atoms with E-state index in [0.29, 0.717) is 0 Å². The quantitative estimate of drug-likeness (QED) is 0.504. The Morgan fingerprint density at radius 2 is 1.00 bits per heavy atom. The molecule has 0 fully saturated rings. The molecule has 0 aliphatic carbocycles. The van der Waals surface area contributed by atoms with Gasteiger partial charge in [0.25, 0.3) is 0 Å². The maximum atomic E-state index is 13.0. The van der Waals surface area contributed by atoms with Crippen molar-refractivity contribution < 1.29 is 4.39 Å². The summed E-state index contributed by atoms with van der Waals surface area (Å²) in [7, 11) is 0. The second-order valence-electron chi connectivity index (χ2n) is 5.88.